The van der Waals surface area contributed by atoms with Crippen molar-refractivity contribution in [3.05, 3.63) is 96.6 Å². The number of hydrogen-bond acceptors (Lipinski definition) is 6. The molecule has 5 aromatic rings. The summed E-state index contributed by atoms with van der Waals surface area (Å²) in [6, 6.07) is 22.0. The Hall–Kier alpha value is -4.56. The second-order valence-electron chi connectivity index (χ2n) is 10.6. The molecule has 2 aromatic heterocycles. The Kier molecular flexibility index (Phi) is 8.17. The smallest absolute Gasteiger partial charge is 0.228 e. The molecule has 0 saturated heterocycles. The highest BCUT2D eigenvalue weighted by molar-refractivity contribution is 5.94. The van der Waals surface area contributed by atoms with Crippen LogP contribution in [0.4, 0.5) is 17.2 Å². The Bertz CT molecular complexity index is 1590. The molecule has 204 valence electrons. The maximum Gasteiger partial charge on any atom is 0.228 e. The van der Waals surface area contributed by atoms with Crippen molar-refractivity contribution >= 4 is 34.0 Å². The molecule has 0 saturated carbocycles. The van der Waals surface area contributed by atoms with Crippen LogP contribution >= 0.6 is 0 Å². The maximum absolute atomic E-state index is 12.6. The van der Waals surface area contributed by atoms with Gasteiger partial charge in [0.2, 0.25) is 5.91 Å². The number of aromatic nitrogens is 4. The lowest BCUT2D eigenvalue weighted by atomic mass is 10.0. The summed E-state index contributed by atoms with van der Waals surface area (Å²) in [5.41, 5.74) is 6.86. The summed E-state index contributed by atoms with van der Waals surface area (Å²) in [4.78, 5) is 23.7. The molecule has 0 fully saturated rings. The van der Waals surface area contributed by atoms with E-state index in [0.717, 1.165) is 57.9 Å². The number of benzene rings is 3. The monoisotopic (exact) mass is 533 g/mol. The molecule has 2 N–H and O–H groups in total. The molecule has 0 aliphatic heterocycles. The number of nitrogens with zero attached hydrogens (tertiary/aromatic N) is 5. The Labute approximate surface area is 235 Å². The van der Waals surface area contributed by atoms with Gasteiger partial charge >= 0.3 is 0 Å². The van der Waals surface area contributed by atoms with Gasteiger partial charge in [0.25, 0.3) is 0 Å². The molecule has 5 rings (SSSR count). The highest BCUT2D eigenvalue weighted by Gasteiger charge is 2.10. The second kappa shape index (κ2) is 12.1. The molecular weight excluding hydrogens is 498 g/mol. The number of likely N-dealkylation sites (N-methyl/N-ethyl adjacent to an activating group) is 1. The third kappa shape index (κ3) is 6.71. The molecule has 0 bridgehead atoms. The highest BCUT2D eigenvalue weighted by Crippen LogP contribution is 2.28. The lowest BCUT2D eigenvalue weighted by Gasteiger charge is -2.11. The van der Waals surface area contributed by atoms with Gasteiger partial charge in [0.1, 0.15) is 12.1 Å². The number of carbonyl (C=O) groups is 1. The normalized spacial score (nSPS) is 11.3. The van der Waals surface area contributed by atoms with E-state index in [2.05, 4.69) is 89.0 Å². The van der Waals surface area contributed by atoms with E-state index < -0.39 is 0 Å². The SMILES string of the molecule is CC(C)c1ccc(NC(=O)Cc2ccc(Nc3ncnc4cc(-c5cnn(CCN(C)C)c5)ccc34)cc2)cc1. The Morgan fingerprint density at radius 2 is 1.68 bits per heavy atom. The molecule has 3 aromatic carbocycles. The summed E-state index contributed by atoms with van der Waals surface area (Å²) in [6.07, 6.45) is 5.83. The first-order valence-electron chi connectivity index (χ1n) is 13.5. The summed E-state index contributed by atoms with van der Waals surface area (Å²) in [5, 5.41) is 11.8. The minimum Gasteiger partial charge on any atom is -0.340 e. The first-order chi connectivity index (χ1) is 19.3. The van der Waals surface area contributed by atoms with Crippen LogP contribution in [0.15, 0.2) is 85.5 Å². The van der Waals surface area contributed by atoms with Crippen molar-refractivity contribution in [3.8, 4) is 11.1 Å². The van der Waals surface area contributed by atoms with E-state index in [1.807, 2.05) is 53.3 Å². The zero-order valence-electron chi connectivity index (χ0n) is 23.4. The van der Waals surface area contributed by atoms with Gasteiger partial charge in [0, 0.05) is 35.1 Å². The van der Waals surface area contributed by atoms with E-state index in [9.17, 15) is 4.79 Å². The largest absolute Gasteiger partial charge is 0.340 e. The summed E-state index contributed by atoms with van der Waals surface area (Å²) < 4.78 is 1.96. The maximum atomic E-state index is 12.6. The topological polar surface area (TPSA) is 88.0 Å². The Morgan fingerprint density at radius 3 is 2.40 bits per heavy atom. The van der Waals surface area contributed by atoms with Crippen molar-refractivity contribution in [1.82, 2.24) is 24.6 Å². The van der Waals surface area contributed by atoms with Crippen LogP contribution in [0.1, 0.15) is 30.9 Å². The van der Waals surface area contributed by atoms with E-state index >= 15 is 0 Å². The summed E-state index contributed by atoms with van der Waals surface area (Å²) in [5.74, 6) is 1.15. The van der Waals surface area contributed by atoms with Crippen molar-refractivity contribution in [2.45, 2.75) is 32.7 Å². The highest BCUT2D eigenvalue weighted by atomic mass is 16.1. The third-order valence-corrected chi connectivity index (χ3v) is 6.82. The number of hydrogen-bond donors (Lipinski definition) is 2. The molecule has 0 aliphatic carbocycles. The van der Waals surface area contributed by atoms with Crippen LogP contribution in [0, 0.1) is 0 Å². The van der Waals surface area contributed by atoms with E-state index in [0.29, 0.717) is 12.3 Å². The second-order valence-corrected chi connectivity index (χ2v) is 10.6. The Morgan fingerprint density at radius 1 is 0.925 bits per heavy atom. The van der Waals surface area contributed by atoms with Gasteiger partial charge in [-0.2, -0.15) is 5.10 Å². The first-order valence-corrected chi connectivity index (χ1v) is 13.5. The average Bonchev–Trinajstić information content (AvgIpc) is 3.42. The molecule has 8 heteroatoms. The van der Waals surface area contributed by atoms with E-state index in [1.54, 1.807) is 6.33 Å². The van der Waals surface area contributed by atoms with Gasteiger partial charge in [0.15, 0.2) is 0 Å². The van der Waals surface area contributed by atoms with Crippen LogP contribution in [0.2, 0.25) is 0 Å². The van der Waals surface area contributed by atoms with Crippen LogP contribution in [-0.4, -0.2) is 51.2 Å². The fraction of sp³-hybridized carbons (Fsp3) is 0.250. The predicted molar refractivity (Wildman–Crippen MR) is 162 cm³/mol. The summed E-state index contributed by atoms with van der Waals surface area (Å²) >= 11 is 0. The van der Waals surface area contributed by atoms with Crippen LogP contribution < -0.4 is 10.6 Å². The molecule has 0 unspecified atom stereocenters. The summed E-state index contributed by atoms with van der Waals surface area (Å²) in [7, 11) is 4.11. The van der Waals surface area contributed by atoms with E-state index in [-0.39, 0.29) is 5.91 Å². The molecular formula is C32H35N7O. The predicted octanol–water partition coefficient (Wildman–Crippen LogP) is 6.10. The van der Waals surface area contributed by atoms with Crippen molar-refractivity contribution in [3.63, 3.8) is 0 Å². The average molecular weight is 534 g/mol. The zero-order chi connectivity index (χ0) is 28.1. The molecule has 0 spiro atoms. The molecule has 0 radical (unpaired) electrons. The molecule has 40 heavy (non-hydrogen) atoms. The van der Waals surface area contributed by atoms with Crippen LogP contribution in [0.25, 0.3) is 22.0 Å². The first kappa shape index (κ1) is 27.0. The molecule has 1 amide bonds. The fourth-order valence-electron chi connectivity index (χ4n) is 4.46. The number of fused-ring (bicyclic) bond motifs is 1. The number of amides is 1. The molecule has 0 atom stereocenters. The van der Waals surface area contributed by atoms with Crippen LogP contribution in [0.3, 0.4) is 0 Å². The minimum absolute atomic E-state index is 0.0427. The quantitative estimate of drug-likeness (QED) is 0.225. The number of carbonyl (C=O) groups excluding carboxylic acids is 1. The third-order valence-electron chi connectivity index (χ3n) is 6.82. The standard InChI is InChI=1S/C32H35N7O/c1-22(2)24-7-12-27(13-8-24)36-31(40)17-23-5-10-28(11-6-23)37-32-29-14-9-25(18-30(29)33-21-34-32)26-19-35-39(20-26)16-15-38(3)4/h5-14,18-22H,15-17H2,1-4H3,(H,36,40)(H,33,34,37). The van der Waals surface area contributed by atoms with Gasteiger partial charge in [-0.05, 0) is 73.1 Å². The van der Waals surface area contributed by atoms with Crippen molar-refractivity contribution < 1.29 is 4.79 Å². The molecule has 0 aliphatic rings. The van der Waals surface area contributed by atoms with Crippen molar-refractivity contribution in [1.29, 1.82) is 0 Å². The van der Waals surface area contributed by atoms with Gasteiger partial charge in [0.05, 0.1) is 24.7 Å². The van der Waals surface area contributed by atoms with Crippen LogP contribution in [-0.2, 0) is 17.8 Å². The van der Waals surface area contributed by atoms with Crippen molar-refractivity contribution in [2.24, 2.45) is 0 Å². The van der Waals surface area contributed by atoms with E-state index in [1.165, 1.54) is 5.56 Å². The van der Waals surface area contributed by atoms with Gasteiger partial charge in [-0.1, -0.05) is 44.2 Å². The Balaban J connectivity index is 1.23. The van der Waals surface area contributed by atoms with Gasteiger partial charge in [-0.15, -0.1) is 0 Å². The van der Waals surface area contributed by atoms with Gasteiger partial charge in [-0.25, -0.2) is 9.97 Å². The van der Waals surface area contributed by atoms with Crippen molar-refractivity contribution in [2.75, 3.05) is 31.3 Å². The number of nitrogens with one attached hydrogen (secondary N) is 2. The van der Waals surface area contributed by atoms with Gasteiger partial charge < -0.3 is 15.5 Å². The lowest BCUT2D eigenvalue weighted by Crippen LogP contribution is -2.18. The zero-order valence-corrected chi connectivity index (χ0v) is 23.4. The summed E-state index contributed by atoms with van der Waals surface area (Å²) in [6.45, 7) is 6.08. The fourth-order valence-corrected chi connectivity index (χ4v) is 4.46. The molecule has 2 heterocycles. The molecule has 8 nitrogen and oxygen atoms in total. The van der Waals surface area contributed by atoms with Gasteiger partial charge in [-0.3, -0.25) is 9.48 Å². The van der Waals surface area contributed by atoms with Crippen LogP contribution in [0.5, 0.6) is 0 Å². The van der Waals surface area contributed by atoms with E-state index in [4.69, 9.17) is 0 Å². The lowest BCUT2D eigenvalue weighted by molar-refractivity contribution is -0.115. The number of rotatable bonds is 10. The number of anilines is 3. The minimum atomic E-state index is -0.0427.